The van der Waals surface area contributed by atoms with Crippen LogP contribution in [-0.4, -0.2) is 35.4 Å². The van der Waals surface area contributed by atoms with Gasteiger partial charge in [0.15, 0.2) is 5.58 Å². The number of nitrogens with one attached hydrogen (secondary N) is 1. The van der Waals surface area contributed by atoms with Crippen molar-refractivity contribution >= 4 is 28.7 Å². The molecule has 1 aromatic heterocycles. The van der Waals surface area contributed by atoms with Crippen molar-refractivity contribution in [3.63, 3.8) is 0 Å². The number of nitrogens with two attached hydrogens (primary N) is 1. The molecular weight excluding hydrogens is 244 g/mol. The molecule has 0 saturated heterocycles. The largest absolute Gasteiger partial charge is 0.423 e. The van der Waals surface area contributed by atoms with Crippen molar-refractivity contribution in [2.45, 2.75) is 13.8 Å². The highest BCUT2D eigenvalue weighted by Crippen LogP contribution is 2.20. The molecule has 0 aliphatic rings. The Kier molecular flexibility index (Phi) is 3.89. The van der Waals surface area contributed by atoms with Gasteiger partial charge in [0.1, 0.15) is 5.52 Å². The van der Waals surface area contributed by atoms with Gasteiger partial charge in [0.2, 0.25) is 5.91 Å². The number of nitrogens with zero attached hydrogens (tertiary/aromatic N) is 2. The van der Waals surface area contributed by atoms with E-state index in [1.807, 2.05) is 13.8 Å². The molecule has 2 aromatic rings. The third-order valence-electron chi connectivity index (χ3n) is 2.92. The molecule has 0 aliphatic carbocycles. The minimum atomic E-state index is 0.0202. The van der Waals surface area contributed by atoms with Crippen molar-refractivity contribution in [2.75, 3.05) is 30.7 Å². The zero-order valence-electron chi connectivity index (χ0n) is 11.1. The summed E-state index contributed by atoms with van der Waals surface area (Å²) in [6.45, 7) is 5.46. The van der Waals surface area contributed by atoms with Gasteiger partial charge in [0, 0.05) is 24.8 Å². The van der Waals surface area contributed by atoms with E-state index in [1.165, 1.54) is 0 Å². The molecule has 6 nitrogen and oxygen atoms in total. The van der Waals surface area contributed by atoms with E-state index in [-0.39, 0.29) is 12.5 Å². The van der Waals surface area contributed by atoms with Gasteiger partial charge in [0.25, 0.3) is 6.01 Å². The molecule has 6 heteroatoms. The van der Waals surface area contributed by atoms with Crippen LogP contribution in [0.25, 0.3) is 11.1 Å². The Labute approximate surface area is 111 Å². The number of hydrogen-bond acceptors (Lipinski definition) is 5. The number of likely N-dealkylation sites (N-methyl/N-ethyl adjacent to an activating group) is 1. The smallest absolute Gasteiger partial charge is 0.296 e. The molecule has 1 heterocycles. The fraction of sp³-hybridized carbons (Fsp3) is 0.385. The zero-order valence-corrected chi connectivity index (χ0v) is 11.1. The van der Waals surface area contributed by atoms with Crippen molar-refractivity contribution in [1.82, 2.24) is 9.88 Å². The summed E-state index contributed by atoms with van der Waals surface area (Å²) in [6.07, 6.45) is 0. The number of benzene rings is 1. The van der Waals surface area contributed by atoms with Gasteiger partial charge in [-0.25, -0.2) is 0 Å². The van der Waals surface area contributed by atoms with E-state index in [0.29, 0.717) is 35.9 Å². The quantitative estimate of drug-likeness (QED) is 0.801. The summed E-state index contributed by atoms with van der Waals surface area (Å²) >= 11 is 0. The Morgan fingerprint density at radius 3 is 2.84 bits per heavy atom. The van der Waals surface area contributed by atoms with Crippen LogP contribution < -0.4 is 11.1 Å². The lowest BCUT2D eigenvalue weighted by Crippen LogP contribution is -2.35. The van der Waals surface area contributed by atoms with Gasteiger partial charge < -0.3 is 20.4 Å². The van der Waals surface area contributed by atoms with Crippen molar-refractivity contribution in [3.8, 4) is 0 Å². The Morgan fingerprint density at radius 2 is 2.16 bits per heavy atom. The fourth-order valence-electron chi connectivity index (χ4n) is 1.86. The maximum absolute atomic E-state index is 11.8. The summed E-state index contributed by atoms with van der Waals surface area (Å²) in [5, 5.41) is 2.89. The Balaban J connectivity index is 2.03. The van der Waals surface area contributed by atoms with Crippen LogP contribution in [0.1, 0.15) is 13.8 Å². The number of anilines is 2. The minimum Gasteiger partial charge on any atom is -0.423 e. The van der Waals surface area contributed by atoms with E-state index >= 15 is 0 Å². The molecule has 102 valence electrons. The molecule has 0 radical (unpaired) electrons. The highest BCUT2D eigenvalue weighted by molar-refractivity contribution is 5.81. The zero-order chi connectivity index (χ0) is 13.8. The first-order valence-corrected chi connectivity index (χ1v) is 6.31. The predicted octanol–water partition coefficient (Wildman–Crippen LogP) is 1.69. The van der Waals surface area contributed by atoms with E-state index in [0.717, 1.165) is 0 Å². The first kappa shape index (κ1) is 13.2. The molecule has 1 aromatic carbocycles. The summed E-state index contributed by atoms with van der Waals surface area (Å²) in [4.78, 5) is 17.8. The van der Waals surface area contributed by atoms with E-state index in [4.69, 9.17) is 10.2 Å². The van der Waals surface area contributed by atoms with Crippen molar-refractivity contribution in [3.05, 3.63) is 18.2 Å². The molecule has 0 aliphatic heterocycles. The van der Waals surface area contributed by atoms with Crippen LogP contribution in [0.2, 0.25) is 0 Å². The van der Waals surface area contributed by atoms with Crippen LogP contribution in [0, 0.1) is 0 Å². The molecule has 1 amide bonds. The summed E-state index contributed by atoms with van der Waals surface area (Å²) < 4.78 is 5.47. The van der Waals surface area contributed by atoms with Crippen LogP contribution in [0.3, 0.4) is 0 Å². The number of carbonyl (C=O) groups excluding carboxylic acids is 1. The van der Waals surface area contributed by atoms with Crippen molar-refractivity contribution in [1.29, 1.82) is 0 Å². The third kappa shape index (κ3) is 2.96. The van der Waals surface area contributed by atoms with Gasteiger partial charge >= 0.3 is 0 Å². The van der Waals surface area contributed by atoms with E-state index < -0.39 is 0 Å². The maximum atomic E-state index is 11.8. The number of carbonyl (C=O) groups is 1. The first-order chi connectivity index (χ1) is 9.13. The van der Waals surface area contributed by atoms with Gasteiger partial charge in [0.05, 0.1) is 6.54 Å². The van der Waals surface area contributed by atoms with Gasteiger partial charge in [-0.05, 0) is 26.0 Å². The normalized spacial score (nSPS) is 10.6. The molecular formula is C13H18N4O2. The van der Waals surface area contributed by atoms with E-state index in [9.17, 15) is 4.79 Å². The average Bonchev–Trinajstić information content (AvgIpc) is 2.79. The highest BCUT2D eigenvalue weighted by Gasteiger charge is 2.11. The average molecular weight is 262 g/mol. The van der Waals surface area contributed by atoms with E-state index in [2.05, 4.69) is 10.3 Å². The van der Waals surface area contributed by atoms with Gasteiger partial charge in [-0.1, -0.05) is 0 Å². The molecule has 0 fully saturated rings. The number of oxazole rings is 1. The Morgan fingerprint density at radius 1 is 1.42 bits per heavy atom. The second kappa shape index (κ2) is 5.60. The third-order valence-corrected chi connectivity index (χ3v) is 2.92. The Hall–Kier alpha value is -2.24. The molecule has 0 atom stereocenters. The summed E-state index contributed by atoms with van der Waals surface area (Å²) in [6, 6.07) is 5.59. The number of fused-ring (bicyclic) bond motifs is 1. The number of aromatic nitrogens is 1. The molecule has 0 unspecified atom stereocenters. The number of rotatable bonds is 5. The molecule has 0 spiro atoms. The molecule has 0 saturated carbocycles. The van der Waals surface area contributed by atoms with Gasteiger partial charge in [-0.2, -0.15) is 4.98 Å². The molecule has 19 heavy (non-hydrogen) atoms. The topological polar surface area (TPSA) is 84.4 Å². The second-order valence-corrected chi connectivity index (χ2v) is 4.17. The molecule has 3 N–H and O–H groups in total. The first-order valence-electron chi connectivity index (χ1n) is 6.31. The fourth-order valence-corrected chi connectivity index (χ4v) is 1.86. The van der Waals surface area contributed by atoms with E-state index in [1.54, 1.807) is 23.1 Å². The molecule has 2 rings (SSSR count). The number of amides is 1. The van der Waals surface area contributed by atoms with Crippen LogP contribution in [0.5, 0.6) is 0 Å². The summed E-state index contributed by atoms with van der Waals surface area (Å²) in [5.41, 5.74) is 7.61. The lowest BCUT2D eigenvalue weighted by atomic mass is 10.3. The lowest BCUT2D eigenvalue weighted by molar-refractivity contribution is -0.128. The standard InChI is InChI=1S/C13H18N4O2/c1-3-17(4-2)12(18)8-15-13-16-10-6-5-9(14)7-11(10)19-13/h5-7H,3-4,8,14H2,1-2H3,(H,15,16). The highest BCUT2D eigenvalue weighted by atomic mass is 16.4. The monoisotopic (exact) mass is 262 g/mol. The van der Waals surface area contributed by atoms with Crippen LogP contribution >= 0.6 is 0 Å². The maximum Gasteiger partial charge on any atom is 0.296 e. The van der Waals surface area contributed by atoms with Crippen LogP contribution in [0.15, 0.2) is 22.6 Å². The summed E-state index contributed by atoms with van der Waals surface area (Å²) in [5.74, 6) is 0.0202. The van der Waals surface area contributed by atoms with Crippen LogP contribution in [0.4, 0.5) is 11.7 Å². The molecule has 0 bridgehead atoms. The second-order valence-electron chi connectivity index (χ2n) is 4.17. The minimum absolute atomic E-state index is 0.0202. The summed E-state index contributed by atoms with van der Waals surface area (Å²) in [7, 11) is 0. The van der Waals surface area contributed by atoms with Crippen molar-refractivity contribution in [2.24, 2.45) is 0 Å². The van der Waals surface area contributed by atoms with Gasteiger partial charge in [-0.15, -0.1) is 0 Å². The van der Waals surface area contributed by atoms with Crippen molar-refractivity contribution < 1.29 is 9.21 Å². The number of nitrogen functional groups attached to an aromatic ring is 1. The number of hydrogen-bond donors (Lipinski definition) is 2. The Bertz CT molecular complexity index is 575. The SMILES string of the molecule is CCN(CC)C(=O)CNc1nc2ccc(N)cc2o1. The lowest BCUT2D eigenvalue weighted by Gasteiger charge is -2.18. The van der Waals surface area contributed by atoms with Crippen LogP contribution in [-0.2, 0) is 4.79 Å². The predicted molar refractivity (Wildman–Crippen MR) is 74.8 cm³/mol. The van der Waals surface area contributed by atoms with Gasteiger partial charge in [-0.3, -0.25) is 4.79 Å².